The van der Waals surface area contributed by atoms with Crippen molar-refractivity contribution in [3.63, 3.8) is 0 Å². The summed E-state index contributed by atoms with van der Waals surface area (Å²) in [5.41, 5.74) is 0. The van der Waals surface area contributed by atoms with Crippen LogP contribution in [0.15, 0.2) is 21.7 Å². The van der Waals surface area contributed by atoms with Gasteiger partial charge in [0.2, 0.25) is 5.91 Å². The molecule has 1 amide bonds. The van der Waals surface area contributed by atoms with E-state index in [0.29, 0.717) is 17.3 Å². The Labute approximate surface area is 143 Å². The summed E-state index contributed by atoms with van der Waals surface area (Å²) in [4.78, 5) is 14.6. The van der Waals surface area contributed by atoms with Gasteiger partial charge in [0.25, 0.3) is 10.0 Å². The molecule has 0 bridgehead atoms. The molecule has 0 N–H and O–H groups in total. The van der Waals surface area contributed by atoms with E-state index in [2.05, 4.69) is 13.8 Å². The second-order valence-corrected chi connectivity index (χ2v) is 9.07. The van der Waals surface area contributed by atoms with Crippen LogP contribution in [0.25, 0.3) is 0 Å². The van der Waals surface area contributed by atoms with E-state index in [0.717, 1.165) is 38.8 Å². The van der Waals surface area contributed by atoms with E-state index in [1.54, 1.807) is 17.5 Å². The highest BCUT2D eigenvalue weighted by atomic mass is 32.2. The first-order chi connectivity index (χ1) is 11.0. The first-order valence-electron chi connectivity index (χ1n) is 8.33. The number of amides is 1. The summed E-state index contributed by atoms with van der Waals surface area (Å²) in [6.07, 6.45) is 3.37. The molecule has 2 heterocycles. The number of thiophene rings is 1. The van der Waals surface area contributed by atoms with E-state index in [1.807, 2.05) is 4.90 Å². The number of nitrogens with zero attached hydrogens (tertiary/aromatic N) is 2. The molecule has 0 spiro atoms. The molecule has 23 heavy (non-hydrogen) atoms. The van der Waals surface area contributed by atoms with Gasteiger partial charge in [-0.05, 0) is 37.1 Å². The largest absolute Gasteiger partial charge is 0.342 e. The van der Waals surface area contributed by atoms with Crippen molar-refractivity contribution in [1.82, 2.24) is 9.21 Å². The van der Waals surface area contributed by atoms with Crippen molar-refractivity contribution in [2.75, 3.05) is 26.2 Å². The van der Waals surface area contributed by atoms with Gasteiger partial charge in [0, 0.05) is 26.2 Å². The van der Waals surface area contributed by atoms with Crippen LogP contribution in [-0.2, 0) is 14.8 Å². The third-order valence-corrected chi connectivity index (χ3v) is 7.36. The second kappa shape index (κ2) is 8.26. The zero-order valence-electron chi connectivity index (χ0n) is 13.9. The molecule has 1 fully saturated rings. The van der Waals surface area contributed by atoms with Gasteiger partial charge in [-0.15, -0.1) is 11.3 Å². The Kier molecular flexibility index (Phi) is 6.61. The third kappa shape index (κ3) is 4.33. The summed E-state index contributed by atoms with van der Waals surface area (Å²) in [7, 11) is -3.45. The smallest absolute Gasteiger partial charge is 0.252 e. The number of hydrogen-bond acceptors (Lipinski definition) is 4. The van der Waals surface area contributed by atoms with Crippen LogP contribution in [0, 0.1) is 5.92 Å². The SMILES string of the molecule is CCCN(CCC)C(=O)C1CCCN(S(=O)(=O)c2cccs2)C1. The topological polar surface area (TPSA) is 57.7 Å². The molecule has 1 saturated heterocycles. The Morgan fingerprint density at radius 3 is 2.61 bits per heavy atom. The number of sulfonamides is 1. The molecule has 0 saturated carbocycles. The van der Waals surface area contributed by atoms with Crippen LogP contribution in [0.3, 0.4) is 0 Å². The Bertz CT molecular complexity index is 593. The van der Waals surface area contributed by atoms with E-state index < -0.39 is 10.0 Å². The van der Waals surface area contributed by atoms with Crippen molar-refractivity contribution in [2.45, 2.75) is 43.7 Å². The summed E-state index contributed by atoms with van der Waals surface area (Å²) >= 11 is 1.23. The Balaban J connectivity index is 2.10. The summed E-state index contributed by atoms with van der Waals surface area (Å²) in [5, 5.41) is 1.77. The molecule has 2 rings (SSSR count). The van der Waals surface area contributed by atoms with E-state index in [1.165, 1.54) is 15.6 Å². The maximum absolute atomic E-state index is 12.7. The zero-order chi connectivity index (χ0) is 16.9. The number of rotatable bonds is 7. The van der Waals surface area contributed by atoms with Gasteiger partial charge in [-0.1, -0.05) is 19.9 Å². The standard InChI is InChI=1S/C16H26N2O3S2/c1-3-9-17(10-4-2)16(19)14-7-5-11-18(13-14)23(20,21)15-8-6-12-22-15/h6,8,12,14H,3-5,7,9-11,13H2,1-2H3. The van der Waals surface area contributed by atoms with Crippen LogP contribution >= 0.6 is 11.3 Å². The predicted molar refractivity (Wildman–Crippen MR) is 93.0 cm³/mol. The van der Waals surface area contributed by atoms with Crippen molar-refractivity contribution >= 4 is 27.3 Å². The summed E-state index contributed by atoms with van der Waals surface area (Å²) in [5.74, 6) is -0.101. The third-order valence-electron chi connectivity index (χ3n) is 4.12. The van der Waals surface area contributed by atoms with Crippen LogP contribution in [0.4, 0.5) is 0 Å². The summed E-state index contributed by atoms with van der Waals surface area (Å²) < 4.78 is 27.2. The molecular weight excluding hydrogens is 332 g/mol. The summed E-state index contributed by atoms with van der Waals surface area (Å²) in [6, 6.07) is 3.38. The maximum Gasteiger partial charge on any atom is 0.252 e. The highest BCUT2D eigenvalue weighted by molar-refractivity contribution is 7.91. The number of carbonyl (C=O) groups is 1. The van der Waals surface area contributed by atoms with Crippen molar-refractivity contribution in [1.29, 1.82) is 0 Å². The number of hydrogen-bond donors (Lipinski definition) is 0. The fraction of sp³-hybridized carbons (Fsp3) is 0.688. The molecular formula is C16H26N2O3S2. The second-order valence-electron chi connectivity index (χ2n) is 5.96. The van der Waals surface area contributed by atoms with Gasteiger partial charge >= 0.3 is 0 Å². The lowest BCUT2D eigenvalue weighted by Crippen LogP contribution is -2.47. The van der Waals surface area contributed by atoms with Crippen molar-refractivity contribution in [2.24, 2.45) is 5.92 Å². The number of carbonyl (C=O) groups excluding carboxylic acids is 1. The summed E-state index contributed by atoms with van der Waals surface area (Å²) in [6.45, 7) is 6.44. The Morgan fingerprint density at radius 1 is 1.35 bits per heavy atom. The molecule has 0 radical (unpaired) electrons. The van der Waals surface area contributed by atoms with Gasteiger partial charge < -0.3 is 4.90 Å². The molecule has 1 aromatic rings. The first-order valence-corrected chi connectivity index (χ1v) is 10.6. The van der Waals surface area contributed by atoms with Crippen LogP contribution < -0.4 is 0 Å². The molecule has 5 nitrogen and oxygen atoms in total. The molecule has 1 unspecified atom stereocenters. The Hall–Kier alpha value is -0.920. The lowest BCUT2D eigenvalue weighted by Gasteiger charge is -2.34. The average molecular weight is 359 g/mol. The van der Waals surface area contributed by atoms with E-state index >= 15 is 0 Å². The highest BCUT2D eigenvalue weighted by Gasteiger charge is 2.35. The fourth-order valence-corrected chi connectivity index (χ4v) is 5.70. The fourth-order valence-electron chi connectivity index (χ4n) is 3.03. The van der Waals surface area contributed by atoms with Gasteiger partial charge in [-0.25, -0.2) is 8.42 Å². The molecule has 0 aromatic carbocycles. The molecule has 1 atom stereocenters. The van der Waals surface area contributed by atoms with Crippen LogP contribution in [-0.4, -0.2) is 49.7 Å². The molecule has 130 valence electrons. The average Bonchev–Trinajstić information content (AvgIpc) is 3.09. The quantitative estimate of drug-likeness (QED) is 0.753. The number of piperidine rings is 1. The van der Waals surface area contributed by atoms with Gasteiger partial charge in [-0.3, -0.25) is 4.79 Å². The molecule has 1 aliphatic heterocycles. The van der Waals surface area contributed by atoms with Gasteiger partial charge in [0.1, 0.15) is 4.21 Å². The first kappa shape index (κ1) is 18.4. The normalized spacial score (nSPS) is 19.7. The van der Waals surface area contributed by atoms with E-state index in [9.17, 15) is 13.2 Å². The Morgan fingerprint density at radius 2 is 2.04 bits per heavy atom. The minimum Gasteiger partial charge on any atom is -0.342 e. The molecule has 1 aliphatic rings. The molecule has 1 aromatic heterocycles. The van der Waals surface area contributed by atoms with Crippen LogP contribution in [0.2, 0.25) is 0 Å². The maximum atomic E-state index is 12.7. The minimum atomic E-state index is -3.45. The zero-order valence-corrected chi connectivity index (χ0v) is 15.5. The lowest BCUT2D eigenvalue weighted by atomic mass is 9.98. The van der Waals surface area contributed by atoms with Crippen molar-refractivity contribution in [3.05, 3.63) is 17.5 Å². The van der Waals surface area contributed by atoms with Crippen LogP contribution in [0.5, 0.6) is 0 Å². The van der Waals surface area contributed by atoms with E-state index in [-0.39, 0.29) is 11.8 Å². The molecule has 0 aliphatic carbocycles. The highest BCUT2D eigenvalue weighted by Crippen LogP contribution is 2.27. The van der Waals surface area contributed by atoms with Crippen molar-refractivity contribution < 1.29 is 13.2 Å². The van der Waals surface area contributed by atoms with E-state index in [4.69, 9.17) is 0 Å². The van der Waals surface area contributed by atoms with Gasteiger partial charge in [0.05, 0.1) is 5.92 Å². The van der Waals surface area contributed by atoms with Gasteiger partial charge in [-0.2, -0.15) is 4.31 Å². The molecule has 7 heteroatoms. The predicted octanol–water partition coefficient (Wildman–Crippen LogP) is 2.80. The lowest BCUT2D eigenvalue weighted by molar-refractivity contribution is -0.136. The van der Waals surface area contributed by atoms with Crippen LogP contribution in [0.1, 0.15) is 39.5 Å². The minimum absolute atomic E-state index is 0.111. The van der Waals surface area contributed by atoms with Crippen molar-refractivity contribution in [3.8, 4) is 0 Å². The monoisotopic (exact) mass is 358 g/mol. The van der Waals surface area contributed by atoms with Gasteiger partial charge in [0.15, 0.2) is 0 Å².